The molecule has 0 fully saturated rings. The Labute approximate surface area is 138 Å². The molecule has 1 aromatic carbocycles. The number of nitrogens with zero attached hydrogens (tertiary/aromatic N) is 2. The van der Waals surface area contributed by atoms with Gasteiger partial charge in [0.2, 0.25) is 5.91 Å². The van der Waals surface area contributed by atoms with Crippen molar-refractivity contribution in [2.45, 2.75) is 19.9 Å². The van der Waals surface area contributed by atoms with Crippen LogP contribution in [0, 0.1) is 6.92 Å². The van der Waals surface area contributed by atoms with E-state index in [0.717, 1.165) is 17.0 Å². The van der Waals surface area contributed by atoms with Gasteiger partial charge >= 0.3 is 0 Å². The SMILES string of the molecule is Cc1cc(O)cc(=O)n1CCC(=O)Nc1cccc2ncccc12. The molecule has 2 aromatic heterocycles. The van der Waals surface area contributed by atoms with Crippen molar-refractivity contribution in [3.05, 3.63) is 64.7 Å². The average molecular weight is 323 g/mol. The summed E-state index contributed by atoms with van der Waals surface area (Å²) in [5.41, 5.74) is 1.79. The van der Waals surface area contributed by atoms with Gasteiger partial charge in [-0.2, -0.15) is 0 Å². The van der Waals surface area contributed by atoms with Crippen molar-refractivity contribution < 1.29 is 9.90 Å². The molecule has 0 bridgehead atoms. The highest BCUT2D eigenvalue weighted by Crippen LogP contribution is 2.21. The fourth-order valence-electron chi connectivity index (χ4n) is 2.64. The largest absolute Gasteiger partial charge is 0.508 e. The molecular weight excluding hydrogens is 306 g/mol. The minimum Gasteiger partial charge on any atom is -0.508 e. The first-order valence-corrected chi connectivity index (χ1v) is 7.58. The fourth-order valence-corrected chi connectivity index (χ4v) is 2.64. The predicted molar refractivity (Wildman–Crippen MR) is 92.1 cm³/mol. The topological polar surface area (TPSA) is 84.2 Å². The summed E-state index contributed by atoms with van der Waals surface area (Å²) in [6, 6.07) is 11.9. The standard InChI is InChI=1S/C18H17N3O3/c1-12-10-13(22)11-18(24)21(12)9-7-17(23)20-16-6-2-5-15-14(16)4-3-8-19-15/h2-6,8,10-11,22H,7,9H2,1H3,(H,20,23). The van der Waals surface area contributed by atoms with Crippen LogP contribution < -0.4 is 10.9 Å². The zero-order valence-electron chi connectivity index (χ0n) is 13.2. The van der Waals surface area contributed by atoms with Crippen LogP contribution in [0.4, 0.5) is 5.69 Å². The Bertz CT molecular complexity index is 958. The van der Waals surface area contributed by atoms with Gasteiger partial charge < -0.3 is 15.0 Å². The molecule has 0 saturated carbocycles. The highest BCUT2D eigenvalue weighted by Gasteiger charge is 2.09. The van der Waals surface area contributed by atoms with Crippen molar-refractivity contribution in [2.75, 3.05) is 5.32 Å². The number of pyridine rings is 2. The van der Waals surface area contributed by atoms with Crippen LogP contribution >= 0.6 is 0 Å². The normalized spacial score (nSPS) is 10.7. The van der Waals surface area contributed by atoms with E-state index in [2.05, 4.69) is 10.3 Å². The molecule has 0 aliphatic heterocycles. The quantitative estimate of drug-likeness (QED) is 0.772. The van der Waals surface area contributed by atoms with Crippen LogP contribution in [-0.2, 0) is 11.3 Å². The van der Waals surface area contributed by atoms with Crippen LogP contribution in [0.15, 0.2) is 53.5 Å². The molecule has 0 radical (unpaired) electrons. The van der Waals surface area contributed by atoms with Gasteiger partial charge in [-0.3, -0.25) is 14.6 Å². The molecule has 2 N–H and O–H groups in total. The first kappa shape index (κ1) is 15.7. The second kappa shape index (κ2) is 6.54. The lowest BCUT2D eigenvalue weighted by Crippen LogP contribution is -2.24. The zero-order chi connectivity index (χ0) is 17.1. The van der Waals surface area contributed by atoms with Gasteiger partial charge in [0.15, 0.2) is 0 Å². The Morgan fingerprint density at radius 3 is 2.88 bits per heavy atom. The van der Waals surface area contributed by atoms with E-state index in [1.165, 1.54) is 10.6 Å². The van der Waals surface area contributed by atoms with E-state index in [-0.39, 0.29) is 30.2 Å². The maximum absolute atomic E-state index is 12.2. The molecule has 1 amide bonds. The number of hydrogen-bond donors (Lipinski definition) is 2. The van der Waals surface area contributed by atoms with E-state index >= 15 is 0 Å². The number of amides is 1. The number of benzene rings is 1. The van der Waals surface area contributed by atoms with Crippen molar-refractivity contribution in [3.8, 4) is 5.75 Å². The number of carbonyl (C=O) groups is 1. The monoisotopic (exact) mass is 323 g/mol. The van der Waals surface area contributed by atoms with Gasteiger partial charge in [-0.1, -0.05) is 6.07 Å². The molecule has 0 spiro atoms. The Morgan fingerprint density at radius 2 is 2.08 bits per heavy atom. The Morgan fingerprint density at radius 1 is 1.25 bits per heavy atom. The summed E-state index contributed by atoms with van der Waals surface area (Å²) >= 11 is 0. The number of nitrogens with one attached hydrogen (secondary N) is 1. The number of anilines is 1. The summed E-state index contributed by atoms with van der Waals surface area (Å²) in [7, 11) is 0. The third-order valence-electron chi connectivity index (χ3n) is 3.80. The first-order chi connectivity index (χ1) is 11.5. The van der Waals surface area contributed by atoms with E-state index in [1.54, 1.807) is 13.1 Å². The highest BCUT2D eigenvalue weighted by atomic mass is 16.3. The lowest BCUT2D eigenvalue weighted by atomic mass is 10.2. The van der Waals surface area contributed by atoms with Crippen LogP contribution in [0.1, 0.15) is 12.1 Å². The second-order valence-corrected chi connectivity index (χ2v) is 5.52. The van der Waals surface area contributed by atoms with Crippen molar-refractivity contribution in [1.29, 1.82) is 0 Å². The van der Waals surface area contributed by atoms with Crippen molar-refractivity contribution >= 4 is 22.5 Å². The summed E-state index contributed by atoms with van der Waals surface area (Å²) in [5, 5.41) is 13.1. The van der Waals surface area contributed by atoms with Gasteiger partial charge in [0.05, 0.1) is 11.2 Å². The van der Waals surface area contributed by atoms with Gasteiger partial charge in [-0.15, -0.1) is 0 Å². The molecule has 6 heteroatoms. The average Bonchev–Trinajstić information content (AvgIpc) is 2.54. The maximum Gasteiger partial charge on any atom is 0.254 e. The van der Waals surface area contributed by atoms with E-state index in [9.17, 15) is 14.7 Å². The fraction of sp³-hybridized carbons (Fsp3) is 0.167. The van der Waals surface area contributed by atoms with Crippen LogP contribution in [-0.4, -0.2) is 20.6 Å². The Kier molecular flexibility index (Phi) is 4.29. The van der Waals surface area contributed by atoms with Crippen LogP contribution in [0.2, 0.25) is 0 Å². The molecule has 0 unspecified atom stereocenters. The van der Waals surface area contributed by atoms with Crippen LogP contribution in [0.5, 0.6) is 5.75 Å². The summed E-state index contributed by atoms with van der Waals surface area (Å²) in [5.74, 6) is -0.257. The molecule has 0 saturated heterocycles. The number of aryl methyl sites for hydroxylation is 1. The van der Waals surface area contributed by atoms with E-state index in [0.29, 0.717) is 11.4 Å². The minimum absolute atomic E-state index is 0.0681. The number of carbonyl (C=O) groups excluding carboxylic acids is 1. The van der Waals surface area contributed by atoms with Crippen LogP contribution in [0.3, 0.4) is 0 Å². The zero-order valence-corrected chi connectivity index (χ0v) is 13.2. The van der Waals surface area contributed by atoms with Crippen molar-refractivity contribution in [1.82, 2.24) is 9.55 Å². The summed E-state index contributed by atoms with van der Waals surface area (Å²) < 4.78 is 1.46. The Hall–Kier alpha value is -3.15. The molecule has 3 aromatic rings. The molecule has 0 aliphatic carbocycles. The Balaban J connectivity index is 1.73. The van der Waals surface area contributed by atoms with Crippen molar-refractivity contribution in [2.24, 2.45) is 0 Å². The number of fused-ring (bicyclic) bond motifs is 1. The minimum atomic E-state index is -0.324. The van der Waals surface area contributed by atoms with E-state index in [1.807, 2.05) is 30.3 Å². The third kappa shape index (κ3) is 3.27. The lowest BCUT2D eigenvalue weighted by molar-refractivity contribution is -0.116. The van der Waals surface area contributed by atoms with E-state index < -0.39 is 0 Å². The maximum atomic E-state index is 12.2. The van der Waals surface area contributed by atoms with Gasteiger partial charge in [0, 0.05) is 36.3 Å². The molecule has 2 heterocycles. The smallest absolute Gasteiger partial charge is 0.254 e. The van der Waals surface area contributed by atoms with Gasteiger partial charge in [0.25, 0.3) is 5.56 Å². The second-order valence-electron chi connectivity index (χ2n) is 5.52. The molecule has 0 atom stereocenters. The number of hydrogen-bond acceptors (Lipinski definition) is 4. The molecule has 122 valence electrons. The van der Waals surface area contributed by atoms with Gasteiger partial charge in [0.1, 0.15) is 5.75 Å². The number of aromatic hydroxyl groups is 1. The molecule has 0 aliphatic rings. The molecular formula is C18H17N3O3. The third-order valence-corrected chi connectivity index (χ3v) is 3.80. The van der Waals surface area contributed by atoms with Gasteiger partial charge in [-0.05, 0) is 37.3 Å². The number of aromatic nitrogens is 2. The molecule has 3 rings (SSSR count). The predicted octanol–water partition coefficient (Wildman–Crippen LogP) is 2.44. The first-order valence-electron chi connectivity index (χ1n) is 7.58. The summed E-state index contributed by atoms with van der Waals surface area (Å²) in [6.45, 7) is 1.97. The van der Waals surface area contributed by atoms with Crippen LogP contribution in [0.25, 0.3) is 10.9 Å². The number of rotatable bonds is 4. The summed E-state index contributed by atoms with van der Waals surface area (Å²) in [6.07, 6.45) is 1.86. The van der Waals surface area contributed by atoms with Crippen molar-refractivity contribution in [3.63, 3.8) is 0 Å². The lowest BCUT2D eigenvalue weighted by Gasteiger charge is -2.11. The van der Waals surface area contributed by atoms with Gasteiger partial charge in [-0.25, -0.2) is 0 Å². The molecule has 6 nitrogen and oxygen atoms in total. The summed E-state index contributed by atoms with van der Waals surface area (Å²) in [4.78, 5) is 28.3. The highest BCUT2D eigenvalue weighted by molar-refractivity contribution is 6.00. The molecule has 24 heavy (non-hydrogen) atoms. The van der Waals surface area contributed by atoms with E-state index in [4.69, 9.17) is 0 Å².